The van der Waals surface area contributed by atoms with Gasteiger partial charge in [-0.2, -0.15) is 0 Å². The summed E-state index contributed by atoms with van der Waals surface area (Å²) in [5.74, 6) is 0.264. The van der Waals surface area contributed by atoms with Gasteiger partial charge >= 0.3 is 0 Å². The fourth-order valence-corrected chi connectivity index (χ4v) is 1.28. The van der Waals surface area contributed by atoms with Gasteiger partial charge in [0.25, 0.3) is 0 Å². The number of phenolic OH excluding ortho intramolecular Hbond substituents is 1. The molecule has 1 aromatic heterocycles. The smallest absolute Gasteiger partial charge is 0.204 e. The summed E-state index contributed by atoms with van der Waals surface area (Å²) >= 11 is 0. The molecule has 0 unspecified atom stereocenters. The highest BCUT2D eigenvalue weighted by molar-refractivity contribution is 5.88. The monoisotopic (exact) mass is 216 g/mol. The average Bonchev–Trinajstić information content (AvgIpc) is 2.30. The molecule has 16 heavy (non-hydrogen) atoms. The number of hydrogen-bond acceptors (Lipinski definition) is 3. The third-order valence-electron chi connectivity index (χ3n) is 1.97. The number of rotatable bonds is 1. The first-order valence-electron chi connectivity index (χ1n) is 4.58. The predicted octanol–water partition coefficient (Wildman–Crippen LogP) is 1.68. The number of phenols is 1. The van der Waals surface area contributed by atoms with Crippen molar-refractivity contribution in [2.45, 2.75) is 0 Å². The number of amides is 1. The van der Waals surface area contributed by atoms with Gasteiger partial charge in [0.15, 0.2) is 0 Å². The second kappa shape index (κ2) is 5.50. The Morgan fingerprint density at radius 3 is 2.75 bits per heavy atom. The van der Waals surface area contributed by atoms with E-state index in [-0.39, 0.29) is 12.2 Å². The van der Waals surface area contributed by atoms with E-state index in [0.29, 0.717) is 0 Å². The maximum Gasteiger partial charge on any atom is 0.204 e. The summed E-state index contributed by atoms with van der Waals surface area (Å²) in [5.41, 5.74) is 4.98. The molecular weight excluding hydrogens is 204 g/mol. The summed E-state index contributed by atoms with van der Waals surface area (Å²) in [6.07, 6.45) is 3.59. The van der Waals surface area contributed by atoms with Gasteiger partial charge in [0.1, 0.15) is 5.75 Å². The topological polar surface area (TPSA) is 76.2 Å². The largest absolute Gasteiger partial charge is 0.507 e. The standard InChI is InChI=1S/C11H9NO.CH3NO/c1-2-9-6-8-4-3-5-11(13)10(8)7-12-9;2-1-3/h2-7,13H,1H2;1H,(H2,2,3). The molecule has 0 saturated heterocycles. The van der Waals surface area contributed by atoms with E-state index in [9.17, 15) is 5.11 Å². The van der Waals surface area contributed by atoms with Crippen molar-refractivity contribution in [3.63, 3.8) is 0 Å². The Hall–Kier alpha value is -2.36. The molecule has 0 fully saturated rings. The molecule has 1 heterocycles. The quantitative estimate of drug-likeness (QED) is 0.712. The first-order chi connectivity index (χ1) is 7.72. The van der Waals surface area contributed by atoms with E-state index in [1.807, 2.05) is 18.2 Å². The Morgan fingerprint density at radius 1 is 1.44 bits per heavy atom. The molecule has 1 amide bonds. The molecule has 3 N–H and O–H groups in total. The van der Waals surface area contributed by atoms with E-state index in [2.05, 4.69) is 17.3 Å². The number of carbonyl (C=O) groups excluding carboxylic acids is 1. The zero-order valence-corrected chi connectivity index (χ0v) is 8.63. The van der Waals surface area contributed by atoms with Crippen LogP contribution >= 0.6 is 0 Å². The van der Waals surface area contributed by atoms with Gasteiger partial charge in [0, 0.05) is 11.6 Å². The van der Waals surface area contributed by atoms with Gasteiger partial charge in [-0.1, -0.05) is 18.7 Å². The fourth-order valence-electron chi connectivity index (χ4n) is 1.28. The third kappa shape index (κ3) is 2.57. The fraction of sp³-hybridized carbons (Fsp3) is 0. The van der Waals surface area contributed by atoms with Crippen LogP contribution in [0.1, 0.15) is 5.69 Å². The minimum atomic E-state index is 0.250. The molecule has 4 nitrogen and oxygen atoms in total. The number of pyridine rings is 1. The van der Waals surface area contributed by atoms with Crippen LogP contribution in [0.15, 0.2) is 37.0 Å². The molecule has 0 radical (unpaired) electrons. The van der Waals surface area contributed by atoms with E-state index < -0.39 is 0 Å². The van der Waals surface area contributed by atoms with Gasteiger partial charge in [-0.25, -0.2) is 0 Å². The van der Waals surface area contributed by atoms with Crippen molar-refractivity contribution in [1.29, 1.82) is 0 Å². The Kier molecular flexibility index (Phi) is 4.03. The van der Waals surface area contributed by atoms with Crippen LogP contribution in [-0.2, 0) is 4.79 Å². The molecule has 1 aromatic carbocycles. The molecule has 0 aliphatic carbocycles. The molecule has 2 aromatic rings. The zero-order valence-electron chi connectivity index (χ0n) is 8.63. The van der Waals surface area contributed by atoms with Crippen molar-refractivity contribution in [2.75, 3.05) is 0 Å². The van der Waals surface area contributed by atoms with Crippen LogP contribution in [0.3, 0.4) is 0 Å². The van der Waals surface area contributed by atoms with Gasteiger partial charge in [-0.15, -0.1) is 0 Å². The molecule has 0 atom stereocenters. The predicted molar refractivity (Wildman–Crippen MR) is 63.8 cm³/mol. The Bertz CT molecular complexity index is 509. The molecule has 0 aliphatic heterocycles. The van der Waals surface area contributed by atoms with Crippen molar-refractivity contribution < 1.29 is 9.90 Å². The van der Waals surface area contributed by atoms with Gasteiger partial charge in [0.05, 0.1) is 5.69 Å². The first kappa shape index (κ1) is 11.7. The number of aromatic nitrogens is 1. The van der Waals surface area contributed by atoms with Crippen molar-refractivity contribution >= 4 is 23.3 Å². The van der Waals surface area contributed by atoms with Crippen molar-refractivity contribution in [3.8, 4) is 5.75 Å². The second-order valence-corrected chi connectivity index (χ2v) is 2.95. The lowest BCUT2D eigenvalue weighted by molar-refractivity contribution is -0.106. The van der Waals surface area contributed by atoms with Crippen LogP contribution in [0.5, 0.6) is 5.75 Å². The number of fused-ring (bicyclic) bond motifs is 1. The van der Waals surface area contributed by atoms with Crippen LogP contribution in [0.25, 0.3) is 16.8 Å². The highest BCUT2D eigenvalue weighted by Gasteiger charge is 1.98. The maximum absolute atomic E-state index is 9.47. The second-order valence-electron chi connectivity index (χ2n) is 2.95. The number of aromatic hydroxyl groups is 1. The number of primary amides is 1. The van der Waals surface area contributed by atoms with Crippen LogP contribution in [0, 0.1) is 0 Å². The van der Waals surface area contributed by atoms with E-state index in [4.69, 9.17) is 4.79 Å². The van der Waals surface area contributed by atoms with Crippen LogP contribution in [-0.4, -0.2) is 16.5 Å². The van der Waals surface area contributed by atoms with Gasteiger partial charge in [0.2, 0.25) is 6.41 Å². The minimum Gasteiger partial charge on any atom is -0.507 e. The highest BCUT2D eigenvalue weighted by Crippen LogP contribution is 2.23. The minimum absolute atomic E-state index is 0.250. The van der Waals surface area contributed by atoms with E-state index in [1.165, 1.54) is 0 Å². The Balaban J connectivity index is 0.000000386. The number of nitrogens with two attached hydrogens (primary N) is 1. The molecule has 82 valence electrons. The summed E-state index contributed by atoms with van der Waals surface area (Å²) in [6, 6.07) is 7.29. The van der Waals surface area contributed by atoms with Crippen molar-refractivity contribution in [1.82, 2.24) is 4.98 Å². The van der Waals surface area contributed by atoms with Crippen LogP contribution in [0.4, 0.5) is 0 Å². The van der Waals surface area contributed by atoms with Crippen LogP contribution < -0.4 is 5.73 Å². The summed E-state index contributed by atoms with van der Waals surface area (Å²) in [4.78, 5) is 12.7. The molecule has 2 rings (SSSR count). The average molecular weight is 216 g/mol. The highest BCUT2D eigenvalue weighted by atomic mass is 16.3. The van der Waals surface area contributed by atoms with Gasteiger partial charge < -0.3 is 10.8 Å². The lowest BCUT2D eigenvalue weighted by Crippen LogP contribution is -1.82. The lowest BCUT2D eigenvalue weighted by Gasteiger charge is -2.00. The molecule has 0 saturated carbocycles. The van der Waals surface area contributed by atoms with Crippen molar-refractivity contribution in [2.24, 2.45) is 5.73 Å². The normalized spacial score (nSPS) is 9.00. The maximum atomic E-state index is 9.47. The first-order valence-corrected chi connectivity index (χ1v) is 4.58. The third-order valence-corrected chi connectivity index (χ3v) is 1.97. The SMILES string of the molecule is C=Cc1cc2cccc(O)c2cn1.NC=O. The van der Waals surface area contributed by atoms with E-state index in [0.717, 1.165) is 16.5 Å². The molecule has 0 aliphatic rings. The Labute approximate surface area is 93.0 Å². The number of carbonyl (C=O) groups is 1. The molecule has 4 heteroatoms. The summed E-state index contributed by atoms with van der Waals surface area (Å²) in [7, 11) is 0. The molecule has 0 spiro atoms. The summed E-state index contributed by atoms with van der Waals surface area (Å²) < 4.78 is 0. The number of benzene rings is 1. The van der Waals surface area contributed by atoms with Crippen LogP contribution in [0.2, 0.25) is 0 Å². The lowest BCUT2D eigenvalue weighted by atomic mass is 10.1. The van der Waals surface area contributed by atoms with E-state index in [1.54, 1.807) is 18.3 Å². The van der Waals surface area contributed by atoms with E-state index >= 15 is 0 Å². The van der Waals surface area contributed by atoms with Gasteiger partial charge in [-0.05, 0) is 23.6 Å². The van der Waals surface area contributed by atoms with Gasteiger partial charge in [-0.3, -0.25) is 9.78 Å². The number of hydrogen-bond donors (Lipinski definition) is 2. The van der Waals surface area contributed by atoms with Crippen molar-refractivity contribution in [3.05, 3.63) is 42.7 Å². The molecular formula is C12H12N2O2. The number of nitrogens with zero attached hydrogens (tertiary/aromatic N) is 1. The summed E-state index contributed by atoms with van der Waals surface area (Å²) in [6.45, 7) is 3.64. The zero-order chi connectivity index (χ0) is 12.0. The molecule has 0 bridgehead atoms. The summed E-state index contributed by atoms with van der Waals surface area (Å²) in [5, 5.41) is 11.2. The Morgan fingerprint density at radius 2 is 2.12 bits per heavy atom.